The fourth-order valence-corrected chi connectivity index (χ4v) is 3.68. The number of carbonyl (C=O) groups excluding carboxylic acids is 1. The van der Waals surface area contributed by atoms with Crippen molar-refractivity contribution in [1.29, 1.82) is 0 Å². The van der Waals surface area contributed by atoms with Crippen LogP contribution in [0.1, 0.15) is 25.0 Å². The van der Waals surface area contributed by atoms with Crippen LogP contribution in [-0.2, 0) is 20.7 Å². The Labute approximate surface area is 148 Å². The summed E-state index contributed by atoms with van der Waals surface area (Å²) in [4.78, 5) is 16.5. The van der Waals surface area contributed by atoms with Gasteiger partial charge in [-0.2, -0.15) is 0 Å². The van der Waals surface area contributed by atoms with Crippen LogP contribution >= 0.6 is 27.3 Å². The first-order chi connectivity index (χ1) is 11.2. The number of ether oxygens (including phenoxy) is 2. The highest BCUT2D eigenvalue weighted by molar-refractivity contribution is 9.10. The van der Waals surface area contributed by atoms with Crippen molar-refractivity contribution in [3.05, 3.63) is 39.8 Å². The van der Waals surface area contributed by atoms with E-state index in [9.17, 15) is 4.79 Å². The maximum atomic E-state index is 11.9. The molecule has 0 saturated carbocycles. The van der Waals surface area contributed by atoms with Gasteiger partial charge in [-0.3, -0.25) is 4.79 Å². The quantitative estimate of drug-likeness (QED) is 0.710. The minimum atomic E-state index is -0.245. The lowest BCUT2D eigenvalue weighted by molar-refractivity contribution is -0.148. The van der Waals surface area contributed by atoms with Crippen LogP contribution in [-0.4, -0.2) is 30.3 Å². The molecule has 0 radical (unpaired) electrons. The molecular weight excluding hydrogens is 378 g/mol. The molecule has 1 aliphatic rings. The first-order valence-electron chi connectivity index (χ1n) is 7.68. The maximum absolute atomic E-state index is 11.9. The molecule has 1 fully saturated rings. The third-order valence-corrected chi connectivity index (χ3v) is 5.09. The monoisotopic (exact) mass is 395 g/mol. The van der Waals surface area contributed by atoms with Gasteiger partial charge in [-0.15, -0.1) is 11.3 Å². The second kappa shape index (κ2) is 8.04. The Morgan fingerprint density at radius 1 is 1.43 bits per heavy atom. The SMILES string of the molecule is O=C(Cc1csc(-c2cccc(Br)c2)n1)OCC1CCCCO1. The van der Waals surface area contributed by atoms with E-state index < -0.39 is 0 Å². The third-order valence-electron chi connectivity index (χ3n) is 3.65. The summed E-state index contributed by atoms with van der Waals surface area (Å²) in [5.74, 6) is -0.245. The van der Waals surface area contributed by atoms with Gasteiger partial charge in [-0.05, 0) is 31.4 Å². The van der Waals surface area contributed by atoms with Crippen LogP contribution in [0.5, 0.6) is 0 Å². The summed E-state index contributed by atoms with van der Waals surface area (Å²) >= 11 is 4.99. The van der Waals surface area contributed by atoms with Gasteiger partial charge < -0.3 is 9.47 Å². The highest BCUT2D eigenvalue weighted by Gasteiger charge is 2.17. The van der Waals surface area contributed by atoms with Crippen LogP contribution in [0.15, 0.2) is 34.1 Å². The summed E-state index contributed by atoms with van der Waals surface area (Å²) in [6.07, 6.45) is 3.47. The molecular formula is C17H18BrNO3S. The van der Waals surface area contributed by atoms with E-state index in [1.54, 1.807) is 0 Å². The van der Waals surface area contributed by atoms with Crippen LogP contribution in [0.25, 0.3) is 10.6 Å². The van der Waals surface area contributed by atoms with Crippen molar-refractivity contribution in [3.8, 4) is 10.6 Å². The highest BCUT2D eigenvalue weighted by atomic mass is 79.9. The summed E-state index contributed by atoms with van der Waals surface area (Å²) in [6, 6.07) is 7.97. The standard InChI is InChI=1S/C17H18BrNO3S/c18-13-5-3-4-12(8-13)17-19-14(11-23-17)9-16(20)22-10-15-6-1-2-7-21-15/h3-5,8,11,15H,1-2,6-7,9-10H2. The van der Waals surface area contributed by atoms with Gasteiger partial charge in [-0.1, -0.05) is 28.1 Å². The molecule has 0 amide bonds. The van der Waals surface area contributed by atoms with Crippen molar-refractivity contribution >= 4 is 33.2 Å². The average molecular weight is 396 g/mol. The number of halogens is 1. The first-order valence-corrected chi connectivity index (χ1v) is 9.35. The summed E-state index contributed by atoms with van der Waals surface area (Å²) in [5, 5.41) is 2.82. The van der Waals surface area contributed by atoms with E-state index >= 15 is 0 Å². The molecule has 1 atom stereocenters. The number of nitrogens with zero attached hydrogens (tertiary/aromatic N) is 1. The first kappa shape index (κ1) is 16.6. The number of hydrogen-bond donors (Lipinski definition) is 0. The summed E-state index contributed by atoms with van der Waals surface area (Å²) < 4.78 is 11.9. The van der Waals surface area contributed by atoms with E-state index in [0.29, 0.717) is 6.61 Å². The third kappa shape index (κ3) is 4.86. The molecule has 23 heavy (non-hydrogen) atoms. The average Bonchev–Trinajstić information content (AvgIpc) is 3.02. The Kier molecular flexibility index (Phi) is 5.80. The molecule has 0 N–H and O–H groups in total. The Hall–Kier alpha value is -1.24. The van der Waals surface area contributed by atoms with Gasteiger partial charge in [0.2, 0.25) is 0 Å². The smallest absolute Gasteiger partial charge is 0.311 e. The summed E-state index contributed by atoms with van der Waals surface area (Å²) in [5.41, 5.74) is 1.79. The second-order valence-electron chi connectivity index (χ2n) is 5.50. The lowest BCUT2D eigenvalue weighted by atomic mass is 10.1. The van der Waals surface area contributed by atoms with E-state index in [2.05, 4.69) is 20.9 Å². The molecule has 122 valence electrons. The van der Waals surface area contributed by atoms with Gasteiger partial charge in [0.05, 0.1) is 18.2 Å². The number of carbonyl (C=O) groups is 1. The van der Waals surface area contributed by atoms with Crippen molar-refractivity contribution in [2.24, 2.45) is 0 Å². The van der Waals surface area contributed by atoms with E-state index in [1.165, 1.54) is 11.3 Å². The summed E-state index contributed by atoms with van der Waals surface area (Å²) in [7, 11) is 0. The Morgan fingerprint density at radius 2 is 2.35 bits per heavy atom. The van der Waals surface area contributed by atoms with Crippen molar-refractivity contribution < 1.29 is 14.3 Å². The molecule has 1 unspecified atom stereocenters. The number of hydrogen-bond acceptors (Lipinski definition) is 5. The minimum Gasteiger partial charge on any atom is -0.463 e. The molecule has 1 aromatic carbocycles. The van der Waals surface area contributed by atoms with E-state index in [-0.39, 0.29) is 18.5 Å². The summed E-state index contributed by atoms with van der Waals surface area (Å²) in [6.45, 7) is 1.12. The molecule has 3 rings (SSSR count). The zero-order valence-electron chi connectivity index (χ0n) is 12.7. The molecule has 2 aromatic rings. The van der Waals surface area contributed by atoms with Gasteiger partial charge >= 0.3 is 5.97 Å². The van der Waals surface area contributed by atoms with Crippen LogP contribution in [0, 0.1) is 0 Å². The van der Waals surface area contributed by atoms with Crippen LogP contribution < -0.4 is 0 Å². The predicted molar refractivity (Wildman–Crippen MR) is 93.5 cm³/mol. The fraction of sp³-hybridized carbons (Fsp3) is 0.412. The van der Waals surface area contributed by atoms with Gasteiger partial charge in [0.1, 0.15) is 11.6 Å². The van der Waals surface area contributed by atoms with Gasteiger partial charge in [0.25, 0.3) is 0 Å². The number of aromatic nitrogens is 1. The normalized spacial score (nSPS) is 17.9. The Morgan fingerprint density at radius 3 is 3.13 bits per heavy atom. The zero-order chi connectivity index (χ0) is 16.1. The number of esters is 1. The zero-order valence-corrected chi connectivity index (χ0v) is 15.1. The molecule has 1 aliphatic heterocycles. The Balaban J connectivity index is 1.53. The Bertz CT molecular complexity index is 667. The van der Waals surface area contributed by atoms with Crippen LogP contribution in [0.2, 0.25) is 0 Å². The van der Waals surface area contributed by atoms with Crippen LogP contribution in [0.3, 0.4) is 0 Å². The molecule has 4 nitrogen and oxygen atoms in total. The largest absolute Gasteiger partial charge is 0.463 e. The minimum absolute atomic E-state index is 0.0559. The maximum Gasteiger partial charge on any atom is 0.311 e. The number of thiazole rings is 1. The van der Waals surface area contributed by atoms with Gasteiger partial charge in [-0.25, -0.2) is 4.98 Å². The highest BCUT2D eigenvalue weighted by Crippen LogP contribution is 2.26. The number of rotatable bonds is 5. The number of benzene rings is 1. The van der Waals surface area contributed by atoms with Crippen molar-refractivity contribution in [2.45, 2.75) is 31.8 Å². The van der Waals surface area contributed by atoms with Crippen molar-refractivity contribution in [1.82, 2.24) is 4.98 Å². The van der Waals surface area contributed by atoms with E-state index in [1.807, 2.05) is 29.6 Å². The molecule has 0 bridgehead atoms. The fourth-order valence-electron chi connectivity index (χ4n) is 2.47. The van der Waals surface area contributed by atoms with Gasteiger partial charge in [0, 0.05) is 22.0 Å². The lowest BCUT2D eigenvalue weighted by Crippen LogP contribution is -2.26. The van der Waals surface area contributed by atoms with E-state index in [0.717, 1.165) is 46.6 Å². The van der Waals surface area contributed by atoms with Crippen LogP contribution in [0.4, 0.5) is 0 Å². The topological polar surface area (TPSA) is 48.4 Å². The lowest BCUT2D eigenvalue weighted by Gasteiger charge is -2.21. The molecule has 1 saturated heterocycles. The molecule has 0 spiro atoms. The van der Waals surface area contributed by atoms with Crippen molar-refractivity contribution in [3.63, 3.8) is 0 Å². The molecule has 2 heterocycles. The molecule has 1 aromatic heterocycles. The van der Waals surface area contributed by atoms with Crippen molar-refractivity contribution in [2.75, 3.05) is 13.2 Å². The molecule has 6 heteroatoms. The van der Waals surface area contributed by atoms with Gasteiger partial charge in [0.15, 0.2) is 0 Å². The molecule has 0 aliphatic carbocycles. The second-order valence-corrected chi connectivity index (χ2v) is 7.28. The van der Waals surface area contributed by atoms with E-state index in [4.69, 9.17) is 9.47 Å². The predicted octanol–water partition coefficient (Wildman–Crippen LogP) is 4.23.